The van der Waals surface area contributed by atoms with Gasteiger partial charge < -0.3 is 19.7 Å². The van der Waals surface area contributed by atoms with E-state index in [1.165, 1.54) is 0 Å². The average molecular weight is 605 g/mol. The highest BCUT2D eigenvalue weighted by Gasteiger charge is 2.46. The van der Waals surface area contributed by atoms with Crippen molar-refractivity contribution in [1.82, 2.24) is 10.2 Å². The lowest BCUT2D eigenvalue weighted by Gasteiger charge is -2.32. The van der Waals surface area contributed by atoms with Crippen LogP contribution in [0.2, 0.25) is 0 Å². The molecule has 1 heterocycles. The van der Waals surface area contributed by atoms with Crippen molar-refractivity contribution in [2.75, 3.05) is 19.8 Å². The first kappa shape index (κ1) is 33.2. The number of hydrogen-bond acceptors (Lipinski definition) is 6. The molecule has 8 nitrogen and oxygen atoms in total. The van der Waals surface area contributed by atoms with Gasteiger partial charge in [0, 0.05) is 13.0 Å². The zero-order valence-electron chi connectivity index (χ0n) is 26.4. The van der Waals surface area contributed by atoms with E-state index in [0.29, 0.717) is 45.4 Å². The molecule has 0 spiro atoms. The quantitative estimate of drug-likeness (QED) is 0.197. The smallest absolute Gasteiger partial charge is 0.328 e. The number of ether oxygens (including phenoxy) is 2. The van der Waals surface area contributed by atoms with Crippen molar-refractivity contribution in [3.8, 4) is 11.1 Å². The molecule has 44 heavy (non-hydrogen) atoms. The number of likely N-dealkylation sites (tertiary alicyclic amines) is 1. The van der Waals surface area contributed by atoms with Crippen LogP contribution in [-0.2, 0) is 35.1 Å². The maximum Gasteiger partial charge on any atom is 0.328 e. The van der Waals surface area contributed by atoms with Crippen molar-refractivity contribution in [2.24, 2.45) is 5.41 Å². The number of esters is 2. The highest BCUT2D eigenvalue weighted by molar-refractivity contribution is 5.94. The minimum absolute atomic E-state index is 0.00528. The molecule has 8 heteroatoms. The summed E-state index contributed by atoms with van der Waals surface area (Å²) in [7, 11) is 0. The van der Waals surface area contributed by atoms with Crippen LogP contribution in [0.1, 0.15) is 90.0 Å². The van der Waals surface area contributed by atoms with E-state index in [2.05, 4.69) is 5.32 Å². The minimum Gasteiger partial charge on any atom is -0.466 e. The molecule has 0 radical (unpaired) electrons. The molecule has 2 atom stereocenters. The molecule has 2 fully saturated rings. The lowest BCUT2D eigenvalue weighted by molar-refractivity contribution is -0.155. The number of nitrogens with zero attached hydrogens (tertiary/aromatic N) is 1. The van der Waals surface area contributed by atoms with Crippen molar-refractivity contribution in [2.45, 2.75) is 103 Å². The van der Waals surface area contributed by atoms with Crippen molar-refractivity contribution < 1.29 is 28.7 Å². The molecule has 0 bridgehead atoms. The topological polar surface area (TPSA) is 102 Å². The summed E-state index contributed by atoms with van der Waals surface area (Å²) in [5.74, 6) is -1.34. The highest BCUT2D eigenvalue weighted by Crippen LogP contribution is 2.42. The van der Waals surface area contributed by atoms with Gasteiger partial charge in [-0.1, -0.05) is 94.1 Å². The van der Waals surface area contributed by atoms with E-state index < -0.39 is 17.5 Å². The van der Waals surface area contributed by atoms with Gasteiger partial charge in [0.25, 0.3) is 0 Å². The first-order chi connectivity index (χ1) is 21.4. The van der Waals surface area contributed by atoms with Crippen LogP contribution < -0.4 is 5.32 Å². The van der Waals surface area contributed by atoms with Crippen LogP contribution in [0.3, 0.4) is 0 Å². The monoisotopic (exact) mass is 604 g/mol. The van der Waals surface area contributed by atoms with E-state index in [-0.39, 0.29) is 36.6 Å². The maximum absolute atomic E-state index is 14.1. The first-order valence-corrected chi connectivity index (χ1v) is 16.4. The molecule has 0 unspecified atom stereocenters. The van der Waals surface area contributed by atoms with Crippen LogP contribution in [0.5, 0.6) is 0 Å². The van der Waals surface area contributed by atoms with Crippen LogP contribution >= 0.6 is 0 Å². The molecule has 238 valence electrons. The Balaban J connectivity index is 1.54. The van der Waals surface area contributed by atoms with Crippen molar-refractivity contribution in [3.05, 3.63) is 60.2 Å². The van der Waals surface area contributed by atoms with Crippen molar-refractivity contribution in [3.63, 3.8) is 0 Å². The fourth-order valence-corrected chi connectivity index (χ4v) is 6.29. The average Bonchev–Trinajstić information content (AvgIpc) is 3.72. The fourth-order valence-electron chi connectivity index (χ4n) is 6.29. The molecule has 2 amide bonds. The molecule has 1 aliphatic heterocycles. The summed E-state index contributed by atoms with van der Waals surface area (Å²) in [5.41, 5.74) is 2.14. The number of nitrogens with one attached hydrogen (secondary N) is 1. The number of rotatable bonds is 15. The largest absolute Gasteiger partial charge is 0.466 e. The Morgan fingerprint density at radius 3 is 2.16 bits per heavy atom. The Morgan fingerprint density at radius 1 is 0.864 bits per heavy atom. The fraction of sp³-hybridized carbons (Fsp3) is 0.556. The SMILES string of the molecule is CCCCOC(=O)CC1(C(=O)N[C@@H](Cc2ccc(-c3ccccc3)cc2)C(=O)N2CCC[C@@H]2C(=O)OCCCC)CCCC1. The predicted octanol–water partition coefficient (Wildman–Crippen LogP) is 6.01. The van der Waals surface area contributed by atoms with E-state index in [1.54, 1.807) is 4.90 Å². The van der Waals surface area contributed by atoms with Gasteiger partial charge in [0.2, 0.25) is 11.8 Å². The molecule has 2 aliphatic rings. The van der Waals surface area contributed by atoms with Gasteiger partial charge in [0.05, 0.1) is 25.0 Å². The minimum atomic E-state index is -0.900. The van der Waals surface area contributed by atoms with Gasteiger partial charge in [0.15, 0.2) is 0 Å². The Morgan fingerprint density at radius 2 is 1.50 bits per heavy atom. The van der Waals surface area contributed by atoms with E-state index in [4.69, 9.17) is 9.47 Å². The summed E-state index contributed by atoms with van der Waals surface area (Å²) in [6.07, 6.45) is 7.71. The summed E-state index contributed by atoms with van der Waals surface area (Å²) in [5, 5.41) is 3.07. The molecule has 1 N–H and O–H groups in total. The Labute approximate surface area is 261 Å². The molecular formula is C36H48N2O6. The molecule has 0 aromatic heterocycles. The van der Waals surface area contributed by atoms with Gasteiger partial charge in [-0.2, -0.15) is 0 Å². The highest BCUT2D eigenvalue weighted by atomic mass is 16.5. The molecule has 2 aromatic rings. The number of carbonyl (C=O) groups excluding carboxylic acids is 4. The normalized spacial score (nSPS) is 18.0. The lowest BCUT2D eigenvalue weighted by Crippen LogP contribution is -2.55. The van der Waals surface area contributed by atoms with Crippen LogP contribution in [0.15, 0.2) is 54.6 Å². The Kier molecular flexibility index (Phi) is 12.4. The molecule has 1 saturated heterocycles. The van der Waals surface area contributed by atoms with E-state index in [9.17, 15) is 19.2 Å². The van der Waals surface area contributed by atoms with Crippen molar-refractivity contribution in [1.29, 1.82) is 0 Å². The summed E-state index contributed by atoms with van der Waals surface area (Å²) >= 11 is 0. The number of amides is 2. The summed E-state index contributed by atoms with van der Waals surface area (Å²) in [6.45, 7) is 5.17. The van der Waals surface area contributed by atoms with E-state index in [1.807, 2.05) is 68.4 Å². The lowest BCUT2D eigenvalue weighted by atomic mass is 9.81. The van der Waals surface area contributed by atoms with Crippen molar-refractivity contribution >= 4 is 23.8 Å². The van der Waals surface area contributed by atoms with Crippen LogP contribution in [-0.4, -0.2) is 60.5 Å². The number of unbranched alkanes of at least 4 members (excludes halogenated alkanes) is 2. The number of carbonyl (C=O) groups is 4. The zero-order valence-corrected chi connectivity index (χ0v) is 26.4. The number of benzene rings is 2. The third kappa shape index (κ3) is 8.70. The van der Waals surface area contributed by atoms with Gasteiger partial charge in [-0.3, -0.25) is 14.4 Å². The zero-order chi connectivity index (χ0) is 31.4. The molecule has 1 saturated carbocycles. The molecule has 1 aliphatic carbocycles. The maximum atomic E-state index is 14.1. The van der Waals surface area contributed by atoms with Gasteiger partial charge in [-0.25, -0.2) is 4.79 Å². The first-order valence-electron chi connectivity index (χ1n) is 16.4. The predicted molar refractivity (Wildman–Crippen MR) is 169 cm³/mol. The van der Waals surface area contributed by atoms with E-state index in [0.717, 1.165) is 55.2 Å². The third-order valence-electron chi connectivity index (χ3n) is 8.94. The molecular weight excluding hydrogens is 556 g/mol. The molecule has 4 rings (SSSR count). The second-order valence-corrected chi connectivity index (χ2v) is 12.2. The van der Waals surface area contributed by atoms with Gasteiger partial charge in [-0.15, -0.1) is 0 Å². The Hall–Kier alpha value is -3.68. The van der Waals surface area contributed by atoms with Gasteiger partial charge >= 0.3 is 11.9 Å². The van der Waals surface area contributed by atoms with Crippen LogP contribution in [0.4, 0.5) is 0 Å². The van der Waals surface area contributed by atoms with Gasteiger partial charge in [-0.05, 0) is 55.2 Å². The van der Waals surface area contributed by atoms with Crippen LogP contribution in [0, 0.1) is 5.41 Å². The molecule has 2 aromatic carbocycles. The summed E-state index contributed by atoms with van der Waals surface area (Å²) < 4.78 is 10.9. The third-order valence-corrected chi connectivity index (χ3v) is 8.94. The van der Waals surface area contributed by atoms with Gasteiger partial charge in [0.1, 0.15) is 12.1 Å². The summed E-state index contributed by atoms with van der Waals surface area (Å²) in [6, 6.07) is 16.5. The Bertz CT molecular complexity index is 1240. The van der Waals surface area contributed by atoms with Crippen LogP contribution in [0.25, 0.3) is 11.1 Å². The van der Waals surface area contributed by atoms with E-state index >= 15 is 0 Å². The second-order valence-electron chi connectivity index (χ2n) is 12.2. The second kappa shape index (κ2) is 16.4. The number of hydrogen-bond donors (Lipinski definition) is 1. The summed E-state index contributed by atoms with van der Waals surface area (Å²) in [4.78, 5) is 55.4. The standard InChI is InChI=1S/C36H48N2O6/c1-3-5-23-43-32(39)26-36(20-10-11-21-36)35(42)37-30(25-27-16-18-29(19-17-27)28-13-8-7-9-14-28)33(40)38-22-12-15-31(38)34(41)44-24-6-4-2/h7-9,13-14,16-19,30-31H,3-6,10-12,15,20-26H2,1-2H3,(H,37,42)/t30-,31+/m0/s1.